The summed E-state index contributed by atoms with van der Waals surface area (Å²) in [6.07, 6.45) is -0.369. The standard InChI is InChI=1S/C24H21Cl2N3O/c1-17(19-10-6-3-7-11-19)27-29-23(30)16-28(15-18-8-4-2-5-9-18)24(29)20-12-13-21(25)22(26)14-20/h2-14,24H,15-16H2,1H3/b27-17-/t24-/m0/s1. The molecule has 0 unspecified atom stereocenters. The monoisotopic (exact) mass is 437 g/mol. The lowest BCUT2D eigenvalue weighted by Gasteiger charge is -2.28. The molecule has 1 aliphatic rings. The van der Waals surface area contributed by atoms with E-state index in [1.165, 1.54) is 0 Å². The predicted octanol–water partition coefficient (Wildman–Crippen LogP) is 5.76. The van der Waals surface area contributed by atoms with Crippen molar-refractivity contribution in [1.29, 1.82) is 0 Å². The van der Waals surface area contributed by atoms with E-state index in [9.17, 15) is 4.79 Å². The van der Waals surface area contributed by atoms with Crippen molar-refractivity contribution >= 4 is 34.8 Å². The molecule has 0 spiro atoms. The minimum absolute atomic E-state index is 0.0581. The number of amides is 1. The molecule has 152 valence electrons. The first-order chi connectivity index (χ1) is 14.5. The molecule has 0 radical (unpaired) electrons. The van der Waals surface area contributed by atoms with Gasteiger partial charge in [0.05, 0.1) is 22.3 Å². The van der Waals surface area contributed by atoms with Gasteiger partial charge < -0.3 is 0 Å². The van der Waals surface area contributed by atoms with Gasteiger partial charge in [0.2, 0.25) is 0 Å². The van der Waals surface area contributed by atoms with Crippen molar-refractivity contribution in [3.8, 4) is 0 Å². The molecule has 3 aromatic carbocycles. The Hall–Kier alpha value is -2.66. The number of hydrogen-bond acceptors (Lipinski definition) is 3. The van der Waals surface area contributed by atoms with E-state index in [1.54, 1.807) is 11.1 Å². The summed E-state index contributed by atoms with van der Waals surface area (Å²) in [5, 5.41) is 7.21. The maximum Gasteiger partial charge on any atom is 0.258 e. The average Bonchev–Trinajstić information content (AvgIpc) is 3.06. The van der Waals surface area contributed by atoms with Crippen molar-refractivity contribution in [2.24, 2.45) is 5.10 Å². The second-order valence-corrected chi connectivity index (χ2v) is 8.04. The van der Waals surface area contributed by atoms with Crippen molar-refractivity contribution in [1.82, 2.24) is 9.91 Å². The number of carbonyl (C=O) groups is 1. The highest BCUT2D eigenvalue weighted by molar-refractivity contribution is 6.42. The molecule has 1 atom stereocenters. The summed E-state index contributed by atoms with van der Waals surface area (Å²) < 4.78 is 0. The molecule has 30 heavy (non-hydrogen) atoms. The third kappa shape index (κ3) is 4.41. The molecule has 1 heterocycles. The lowest BCUT2D eigenvalue weighted by atomic mass is 10.1. The lowest BCUT2D eigenvalue weighted by Crippen LogP contribution is -2.29. The summed E-state index contributed by atoms with van der Waals surface area (Å²) in [6.45, 7) is 2.80. The minimum Gasteiger partial charge on any atom is -0.271 e. The molecule has 1 amide bonds. The SMILES string of the molecule is C/C(=N/N1C(=O)CN(Cc2ccccc2)[C@@H]1c1ccc(Cl)c(Cl)c1)c1ccccc1. The maximum absolute atomic E-state index is 13.0. The van der Waals surface area contributed by atoms with Crippen LogP contribution in [0, 0.1) is 0 Å². The molecule has 0 aliphatic carbocycles. The highest BCUT2D eigenvalue weighted by atomic mass is 35.5. The van der Waals surface area contributed by atoms with Gasteiger partial charge in [0.1, 0.15) is 6.17 Å². The van der Waals surface area contributed by atoms with E-state index in [2.05, 4.69) is 17.0 Å². The van der Waals surface area contributed by atoms with Crippen LogP contribution in [-0.4, -0.2) is 28.1 Å². The Bertz CT molecular complexity index is 1070. The average molecular weight is 438 g/mol. The van der Waals surface area contributed by atoms with Crippen LogP contribution in [-0.2, 0) is 11.3 Å². The lowest BCUT2D eigenvalue weighted by molar-refractivity contribution is -0.128. The predicted molar refractivity (Wildman–Crippen MR) is 122 cm³/mol. The maximum atomic E-state index is 13.0. The van der Waals surface area contributed by atoms with Crippen LogP contribution < -0.4 is 0 Å². The quantitative estimate of drug-likeness (QED) is 0.475. The van der Waals surface area contributed by atoms with Crippen molar-refractivity contribution in [3.05, 3.63) is 106 Å². The van der Waals surface area contributed by atoms with Crippen LogP contribution >= 0.6 is 23.2 Å². The van der Waals surface area contributed by atoms with Gasteiger partial charge in [-0.25, -0.2) is 5.01 Å². The van der Waals surface area contributed by atoms with Crippen molar-refractivity contribution in [3.63, 3.8) is 0 Å². The van der Waals surface area contributed by atoms with Crippen LogP contribution in [0.4, 0.5) is 0 Å². The van der Waals surface area contributed by atoms with Gasteiger partial charge in [-0.05, 0) is 35.7 Å². The van der Waals surface area contributed by atoms with Gasteiger partial charge in [0, 0.05) is 6.54 Å². The number of carbonyl (C=O) groups excluding carboxylic acids is 1. The molecular formula is C24H21Cl2N3O. The number of benzene rings is 3. The molecule has 4 nitrogen and oxygen atoms in total. The Balaban J connectivity index is 1.73. The molecular weight excluding hydrogens is 417 g/mol. The van der Waals surface area contributed by atoms with E-state index < -0.39 is 0 Å². The topological polar surface area (TPSA) is 35.9 Å². The molecule has 0 bridgehead atoms. The molecule has 0 N–H and O–H groups in total. The first-order valence-corrected chi connectivity index (χ1v) is 10.4. The molecule has 4 rings (SSSR count). The first-order valence-electron chi connectivity index (χ1n) is 9.68. The minimum atomic E-state index is -0.369. The highest BCUT2D eigenvalue weighted by Crippen LogP contribution is 2.35. The van der Waals surface area contributed by atoms with Gasteiger partial charge in [-0.3, -0.25) is 9.69 Å². The Morgan fingerprint density at radius 3 is 2.30 bits per heavy atom. The van der Waals surface area contributed by atoms with Crippen LogP contribution in [0.2, 0.25) is 10.0 Å². The Kier molecular flexibility index (Phi) is 6.18. The Morgan fingerprint density at radius 2 is 1.63 bits per heavy atom. The number of halogens is 2. The number of hydrogen-bond donors (Lipinski definition) is 0. The molecule has 1 fully saturated rings. The zero-order valence-electron chi connectivity index (χ0n) is 16.5. The third-order valence-electron chi connectivity index (χ3n) is 5.09. The van der Waals surface area contributed by atoms with Crippen LogP contribution in [0.15, 0.2) is 84.0 Å². The summed E-state index contributed by atoms with van der Waals surface area (Å²) in [7, 11) is 0. The van der Waals surface area contributed by atoms with Gasteiger partial charge in [0.25, 0.3) is 5.91 Å². The van der Waals surface area contributed by atoms with E-state index in [0.29, 0.717) is 16.6 Å². The third-order valence-corrected chi connectivity index (χ3v) is 5.83. The van der Waals surface area contributed by atoms with Crippen molar-refractivity contribution < 1.29 is 4.79 Å². The molecule has 6 heteroatoms. The summed E-state index contributed by atoms with van der Waals surface area (Å²) in [4.78, 5) is 15.1. The van der Waals surface area contributed by atoms with E-state index in [4.69, 9.17) is 28.3 Å². The van der Waals surface area contributed by atoms with Gasteiger partial charge in [-0.2, -0.15) is 5.10 Å². The zero-order chi connectivity index (χ0) is 21.1. The van der Waals surface area contributed by atoms with Crippen molar-refractivity contribution in [2.45, 2.75) is 19.6 Å². The van der Waals surface area contributed by atoms with Crippen LogP contribution in [0.1, 0.15) is 29.8 Å². The van der Waals surface area contributed by atoms with Gasteiger partial charge >= 0.3 is 0 Å². The van der Waals surface area contributed by atoms with E-state index in [-0.39, 0.29) is 18.6 Å². The first kappa shape index (κ1) is 20.6. The fourth-order valence-electron chi connectivity index (χ4n) is 3.62. The van der Waals surface area contributed by atoms with Gasteiger partial charge in [0.15, 0.2) is 0 Å². The van der Waals surface area contributed by atoms with E-state index in [1.807, 2.05) is 67.6 Å². The molecule has 0 aromatic heterocycles. The summed E-state index contributed by atoms with van der Waals surface area (Å²) in [5.41, 5.74) is 3.74. The summed E-state index contributed by atoms with van der Waals surface area (Å²) in [6, 6.07) is 25.4. The second-order valence-electron chi connectivity index (χ2n) is 7.23. The summed E-state index contributed by atoms with van der Waals surface area (Å²) >= 11 is 12.4. The number of hydrazone groups is 1. The normalized spacial score (nSPS) is 17.6. The smallest absolute Gasteiger partial charge is 0.258 e. The fraction of sp³-hybridized carbons (Fsp3) is 0.167. The van der Waals surface area contributed by atoms with E-state index >= 15 is 0 Å². The van der Waals surface area contributed by atoms with Gasteiger partial charge in [-0.15, -0.1) is 0 Å². The molecule has 3 aromatic rings. The van der Waals surface area contributed by atoms with Crippen molar-refractivity contribution in [2.75, 3.05) is 6.54 Å². The van der Waals surface area contributed by atoms with Crippen LogP contribution in [0.5, 0.6) is 0 Å². The van der Waals surface area contributed by atoms with Crippen LogP contribution in [0.25, 0.3) is 0 Å². The number of nitrogens with zero attached hydrogens (tertiary/aromatic N) is 3. The molecule has 0 saturated carbocycles. The Morgan fingerprint density at radius 1 is 0.967 bits per heavy atom. The largest absolute Gasteiger partial charge is 0.271 e. The molecule has 1 saturated heterocycles. The second kappa shape index (κ2) is 9.00. The fourth-order valence-corrected chi connectivity index (χ4v) is 3.92. The van der Waals surface area contributed by atoms with E-state index in [0.717, 1.165) is 22.4 Å². The van der Waals surface area contributed by atoms with Crippen LogP contribution in [0.3, 0.4) is 0 Å². The molecule has 1 aliphatic heterocycles. The number of rotatable bonds is 5. The van der Waals surface area contributed by atoms with Gasteiger partial charge in [-0.1, -0.05) is 89.9 Å². The Labute approximate surface area is 186 Å². The zero-order valence-corrected chi connectivity index (χ0v) is 18.0. The summed E-state index contributed by atoms with van der Waals surface area (Å²) in [5.74, 6) is -0.0581. The highest BCUT2D eigenvalue weighted by Gasteiger charge is 2.39.